The van der Waals surface area contributed by atoms with Gasteiger partial charge in [0.1, 0.15) is 23.9 Å². The average Bonchev–Trinajstić information content (AvgIpc) is 2.83. The van der Waals surface area contributed by atoms with E-state index in [-0.39, 0.29) is 18.6 Å². The van der Waals surface area contributed by atoms with E-state index in [0.717, 1.165) is 22.6 Å². The molecule has 3 aromatic rings. The van der Waals surface area contributed by atoms with Gasteiger partial charge in [0.25, 0.3) is 5.91 Å². The minimum atomic E-state index is -0.184. The summed E-state index contributed by atoms with van der Waals surface area (Å²) in [7, 11) is 5.60. The third-order valence-corrected chi connectivity index (χ3v) is 5.06. The summed E-state index contributed by atoms with van der Waals surface area (Å²) in [6, 6.07) is 25.0. The lowest BCUT2D eigenvalue weighted by Gasteiger charge is -2.26. The van der Waals surface area contributed by atoms with Gasteiger partial charge in [-0.15, -0.1) is 0 Å². The molecule has 0 aliphatic heterocycles. The molecule has 1 atom stereocenters. The number of para-hydroxylation sites is 1. The van der Waals surface area contributed by atoms with Crippen LogP contribution in [0, 0.1) is 0 Å². The topological polar surface area (TPSA) is 60.0 Å². The average molecular weight is 435 g/mol. The Bertz CT molecular complexity index is 975. The first-order valence-electron chi connectivity index (χ1n) is 10.5. The Morgan fingerprint density at radius 3 is 2.16 bits per heavy atom. The van der Waals surface area contributed by atoms with Crippen LogP contribution in [0.4, 0.5) is 0 Å². The van der Waals surface area contributed by atoms with Gasteiger partial charge >= 0.3 is 0 Å². The predicted octanol–water partition coefficient (Wildman–Crippen LogP) is 4.07. The molecule has 0 spiro atoms. The molecule has 0 fully saturated rings. The number of rotatable bonds is 11. The van der Waals surface area contributed by atoms with Gasteiger partial charge in [-0.25, -0.2) is 0 Å². The van der Waals surface area contributed by atoms with Gasteiger partial charge in [-0.3, -0.25) is 4.79 Å². The third kappa shape index (κ3) is 6.75. The van der Waals surface area contributed by atoms with Crippen molar-refractivity contribution in [2.75, 3.05) is 34.4 Å². The maximum absolute atomic E-state index is 12.3. The number of hydrogen-bond donors (Lipinski definition) is 1. The summed E-state index contributed by atoms with van der Waals surface area (Å²) < 4.78 is 16.9. The van der Waals surface area contributed by atoms with E-state index in [1.807, 2.05) is 85.7 Å². The minimum Gasteiger partial charge on any atom is -0.496 e. The third-order valence-electron chi connectivity index (χ3n) is 5.06. The molecule has 1 amide bonds. The molecular weight excluding hydrogens is 404 g/mol. The first-order chi connectivity index (χ1) is 15.6. The van der Waals surface area contributed by atoms with Gasteiger partial charge in [-0.1, -0.05) is 48.5 Å². The van der Waals surface area contributed by atoms with Gasteiger partial charge in [-0.2, -0.15) is 0 Å². The van der Waals surface area contributed by atoms with Gasteiger partial charge < -0.3 is 24.4 Å². The van der Waals surface area contributed by atoms with Crippen molar-refractivity contribution in [3.8, 4) is 17.2 Å². The molecular formula is C26H30N2O4. The van der Waals surface area contributed by atoms with E-state index in [0.29, 0.717) is 18.9 Å². The summed E-state index contributed by atoms with van der Waals surface area (Å²) in [5.41, 5.74) is 2.13. The highest BCUT2D eigenvalue weighted by Crippen LogP contribution is 2.27. The second kappa shape index (κ2) is 11.8. The number of likely N-dealkylation sites (N-methyl/N-ethyl adjacent to an activating group) is 1. The number of amides is 1. The molecule has 32 heavy (non-hydrogen) atoms. The maximum atomic E-state index is 12.3. The highest BCUT2D eigenvalue weighted by Gasteiger charge is 2.19. The lowest BCUT2D eigenvalue weighted by molar-refractivity contribution is -0.123. The van der Waals surface area contributed by atoms with Crippen LogP contribution in [-0.4, -0.2) is 45.2 Å². The molecule has 1 N–H and O–H groups in total. The molecule has 0 saturated heterocycles. The van der Waals surface area contributed by atoms with Crippen LogP contribution >= 0.6 is 0 Å². The zero-order valence-electron chi connectivity index (χ0n) is 18.8. The number of hydrogen-bond acceptors (Lipinski definition) is 5. The molecule has 3 aromatic carbocycles. The number of nitrogens with zero attached hydrogens (tertiary/aromatic N) is 1. The Morgan fingerprint density at radius 2 is 1.50 bits per heavy atom. The van der Waals surface area contributed by atoms with Crippen LogP contribution < -0.4 is 19.5 Å². The molecule has 0 radical (unpaired) electrons. The molecule has 1 unspecified atom stereocenters. The van der Waals surface area contributed by atoms with E-state index in [2.05, 4.69) is 5.32 Å². The first-order valence-corrected chi connectivity index (χ1v) is 10.5. The zero-order chi connectivity index (χ0) is 22.8. The van der Waals surface area contributed by atoms with Crippen molar-refractivity contribution in [1.82, 2.24) is 10.2 Å². The summed E-state index contributed by atoms with van der Waals surface area (Å²) in [6.07, 6.45) is 0. The van der Waals surface area contributed by atoms with E-state index < -0.39 is 0 Å². The molecule has 3 rings (SSSR count). The fraction of sp³-hybridized carbons (Fsp3) is 0.269. The number of nitrogens with one attached hydrogen (secondary N) is 1. The normalized spacial score (nSPS) is 11.6. The van der Waals surface area contributed by atoms with Crippen LogP contribution in [0.5, 0.6) is 17.2 Å². The lowest BCUT2D eigenvalue weighted by Crippen LogP contribution is -2.37. The molecule has 0 heterocycles. The summed E-state index contributed by atoms with van der Waals surface area (Å²) in [6.45, 7) is 0.890. The molecule has 0 aliphatic rings. The fourth-order valence-electron chi connectivity index (χ4n) is 3.30. The monoisotopic (exact) mass is 434 g/mol. The molecule has 0 bridgehead atoms. The Morgan fingerprint density at radius 1 is 0.875 bits per heavy atom. The lowest BCUT2D eigenvalue weighted by atomic mass is 10.0. The molecule has 0 aliphatic carbocycles. The van der Waals surface area contributed by atoms with Crippen LogP contribution in [0.1, 0.15) is 17.2 Å². The van der Waals surface area contributed by atoms with E-state index >= 15 is 0 Å². The van der Waals surface area contributed by atoms with Crippen molar-refractivity contribution in [2.45, 2.75) is 12.6 Å². The van der Waals surface area contributed by atoms with Crippen LogP contribution in [0.2, 0.25) is 0 Å². The van der Waals surface area contributed by atoms with Crippen molar-refractivity contribution < 1.29 is 19.0 Å². The van der Waals surface area contributed by atoms with Gasteiger partial charge in [0, 0.05) is 12.1 Å². The fourth-order valence-corrected chi connectivity index (χ4v) is 3.30. The number of ether oxygens (including phenoxy) is 3. The molecule has 168 valence electrons. The standard InChI is InChI=1S/C26H30N2O4/c1-28(2)24(23-11-7-8-12-25(23)30-3)17-27-26(29)19-32-22-15-13-21(14-16-22)31-18-20-9-5-4-6-10-20/h4-16,24H,17-19H2,1-3H3,(H,27,29). The Labute approximate surface area is 189 Å². The molecule has 0 aromatic heterocycles. The molecule has 6 heteroatoms. The maximum Gasteiger partial charge on any atom is 0.258 e. The highest BCUT2D eigenvalue weighted by molar-refractivity contribution is 5.77. The van der Waals surface area contributed by atoms with Crippen molar-refractivity contribution in [2.24, 2.45) is 0 Å². The van der Waals surface area contributed by atoms with Crippen molar-refractivity contribution in [1.29, 1.82) is 0 Å². The van der Waals surface area contributed by atoms with Gasteiger partial charge in [0.05, 0.1) is 13.2 Å². The van der Waals surface area contributed by atoms with Crippen molar-refractivity contribution >= 4 is 5.91 Å². The Balaban J connectivity index is 1.46. The van der Waals surface area contributed by atoms with Crippen LogP contribution in [0.3, 0.4) is 0 Å². The quantitative estimate of drug-likeness (QED) is 0.493. The molecule has 0 saturated carbocycles. The Hall–Kier alpha value is -3.51. The van der Waals surface area contributed by atoms with E-state index in [4.69, 9.17) is 14.2 Å². The number of benzene rings is 3. The second-order valence-corrected chi connectivity index (χ2v) is 7.56. The minimum absolute atomic E-state index is 0.0175. The van der Waals surface area contributed by atoms with Crippen LogP contribution in [0.25, 0.3) is 0 Å². The Kier molecular flexibility index (Phi) is 8.52. The smallest absolute Gasteiger partial charge is 0.258 e. The highest BCUT2D eigenvalue weighted by atomic mass is 16.5. The number of carbonyl (C=O) groups excluding carboxylic acids is 1. The van der Waals surface area contributed by atoms with Crippen LogP contribution in [-0.2, 0) is 11.4 Å². The summed E-state index contributed by atoms with van der Waals surface area (Å²) in [5.74, 6) is 1.97. The number of methoxy groups -OCH3 is 1. The number of carbonyl (C=O) groups is 1. The zero-order valence-corrected chi connectivity index (χ0v) is 18.8. The van der Waals surface area contributed by atoms with E-state index in [1.54, 1.807) is 19.2 Å². The molecule has 6 nitrogen and oxygen atoms in total. The van der Waals surface area contributed by atoms with E-state index in [9.17, 15) is 4.79 Å². The predicted molar refractivity (Wildman–Crippen MR) is 125 cm³/mol. The van der Waals surface area contributed by atoms with Crippen molar-refractivity contribution in [3.05, 3.63) is 90.0 Å². The van der Waals surface area contributed by atoms with Crippen molar-refractivity contribution in [3.63, 3.8) is 0 Å². The van der Waals surface area contributed by atoms with Gasteiger partial charge in [0.15, 0.2) is 6.61 Å². The first kappa shape index (κ1) is 23.2. The van der Waals surface area contributed by atoms with Gasteiger partial charge in [-0.05, 0) is 50.0 Å². The van der Waals surface area contributed by atoms with Crippen LogP contribution in [0.15, 0.2) is 78.9 Å². The van der Waals surface area contributed by atoms with E-state index in [1.165, 1.54) is 0 Å². The SMILES string of the molecule is COc1ccccc1C(CNC(=O)COc1ccc(OCc2ccccc2)cc1)N(C)C. The largest absolute Gasteiger partial charge is 0.496 e. The summed E-state index contributed by atoms with van der Waals surface area (Å²) in [5, 5.41) is 2.95. The van der Waals surface area contributed by atoms with Gasteiger partial charge in [0.2, 0.25) is 0 Å². The second-order valence-electron chi connectivity index (χ2n) is 7.56. The summed E-state index contributed by atoms with van der Waals surface area (Å²) >= 11 is 0. The summed E-state index contributed by atoms with van der Waals surface area (Å²) in [4.78, 5) is 14.4.